The van der Waals surface area contributed by atoms with Crippen molar-refractivity contribution in [3.63, 3.8) is 0 Å². The Morgan fingerprint density at radius 2 is 2.13 bits per heavy atom. The second kappa shape index (κ2) is 3.92. The van der Waals surface area contributed by atoms with Gasteiger partial charge in [-0.25, -0.2) is 0 Å². The fourth-order valence-electron chi connectivity index (χ4n) is 1.60. The highest BCUT2D eigenvalue weighted by Gasteiger charge is 2.31. The Bertz CT molecular complexity index is 352. The van der Waals surface area contributed by atoms with Crippen molar-refractivity contribution in [3.8, 4) is 0 Å². The quantitative estimate of drug-likeness (QED) is 0.691. The van der Waals surface area contributed by atoms with Crippen LogP contribution in [0, 0.1) is 11.8 Å². The average Bonchev–Trinajstić information content (AvgIpc) is 2.91. The van der Waals surface area contributed by atoms with E-state index in [1.54, 1.807) is 0 Å². The van der Waals surface area contributed by atoms with Gasteiger partial charge in [-0.05, 0) is 18.3 Å². The molecule has 0 aliphatic heterocycles. The van der Waals surface area contributed by atoms with Crippen LogP contribution in [0.3, 0.4) is 0 Å². The first-order valence-corrected chi connectivity index (χ1v) is 5.25. The fraction of sp³-hybridized carbons (Fsp3) is 0.600. The van der Waals surface area contributed by atoms with Crippen LogP contribution in [0.4, 0.5) is 17.6 Å². The fourth-order valence-corrected chi connectivity index (χ4v) is 1.60. The Labute approximate surface area is 89.5 Å². The van der Waals surface area contributed by atoms with Gasteiger partial charge in [0.05, 0.1) is 0 Å². The molecule has 2 unspecified atom stereocenters. The van der Waals surface area contributed by atoms with E-state index in [0.717, 1.165) is 30.0 Å². The topological polar surface area (TPSA) is 75.9 Å². The maximum absolute atomic E-state index is 5.58. The third-order valence-corrected chi connectivity index (χ3v) is 2.82. The van der Waals surface area contributed by atoms with Crippen LogP contribution < -0.4 is 16.4 Å². The molecule has 1 aliphatic rings. The van der Waals surface area contributed by atoms with E-state index in [9.17, 15) is 0 Å². The van der Waals surface area contributed by atoms with E-state index >= 15 is 0 Å². The van der Waals surface area contributed by atoms with Gasteiger partial charge >= 0.3 is 0 Å². The molecule has 2 rings (SSSR count). The summed E-state index contributed by atoms with van der Waals surface area (Å²) in [5.74, 6) is 3.48. The Hall–Kier alpha value is -1.52. The molecule has 1 fully saturated rings. The van der Waals surface area contributed by atoms with Gasteiger partial charge in [-0.15, -0.1) is 0 Å². The average molecular weight is 207 g/mol. The molecular weight excluding hydrogens is 190 g/mol. The van der Waals surface area contributed by atoms with E-state index in [1.165, 1.54) is 6.42 Å². The number of hydrogen-bond acceptors (Lipinski definition) is 5. The summed E-state index contributed by atoms with van der Waals surface area (Å²) in [6.07, 6.45) is 1.31. The van der Waals surface area contributed by atoms with Crippen LogP contribution in [0.1, 0.15) is 13.3 Å². The van der Waals surface area contributed by atoms with Gasteiger partial charge in [0.2, 0.25) is 5.95 Å². The second-order valence-electron chi connectivity index (χ2n) is 4.10. The van der Waals surface area contributed by atoms with E-state index in [-0.39, 0.29) is 0 Å². The molecule has 1 aromatic rings. The lowest BCUT2D eigenvalue weighted by Gasteiger charge is -2.07. The van der Waals surface area contributed by atoms with Crippen molar-refractivity contribution in [3.05, 3.63) is 6.07 Å². The molecule has 1 aliphatic carbocycles. The summed E-state index contributed by atoms with van der Waals surface area (Å²) >= 11 is 0. The van der Waals surface area contributed by atoms with Crippen molar-refractivity contribution in [2.75, 3.05) is 30.0 Å². The van der Waals surface area contributed by atoms with Crippen molar-refractivity contribution in [2.24, 2.45) is 11.8 Å². The smallest absolute Gasteiger partial charge is 0.223 e. The maximum atomic E-state index is 5.58. The normalized spacial score (nSPS) is 23.6. The van der Waals surface area contributed by atoms with Gasteiger partial charge in [0.15, 0.2) is 0 Å². The van der Waals surface area contributed by atoms with E-state index < -0.39 is 0 Å². The van der Waals surface area contributed by atoms with Gasteiger partial charge in [0, 0.05) is 19.7 Å². The lowest BCUT2D eigenvalue weighted by molar-refractivity contribution is 0.784. The molecule has 0 saturated heterocycles. The monoisotopic (exact) mass is 207 g/mol. The third-order valence-electron chi connectivity index (χ3n) is 2.82. The Morgan fingerprint density at radius 3 is 2.73 bits per heavy atom. The number of nitrogen functional groups attached to an aromatic ring is 1. The first-order chi connectivity index (χ1) is 7.19. The zero-order valence-electron chi connectivity index (χ0n) is 9.12. The Balaban J connectivity index is 1.97. The molecule has 5 heteroatoms. The number of nitrogens with two attached hydrogens (primary N) is 1. The van der Waals surface area contributed by atoms with Gasteiger partial charge in [0.25, 0.3) is 0 Å². The zero-order valence-corrected chi connectivity index (χ0v) is 9.12. The highest BCUT2D eigenvalue weighted by atomic mass is 15.1. The number of rotatable bonds is 4. The molecule has 1 saturated carbocycles. The van der Waals surface area contributed by atoms with Crippen molar-refractivity contribution in [1.29, 1.82) is 0 Å². The molecule has 82 valence electrons. The highest BCUT2D eigenvalue weighted by Crippen LogP contribution is 2.37. The number of aromatic nitrogens is 2. The molecule has 0 spiro atoms. The maximum Gasteiger partial charge on any atom is 0.223 e. The van der Waals surface area contributed by atoms with Crippen LogP contribution in [0.5, 0.6) is 0 Å². The standard InChI is InChI=1S/C10H17N5/c1-6-3-7(6)5-13-9-4-8(12-2)14-10(11)15-9/h4,6-7H,3,5H2,1-2H3,(H4,11,12,13,14,15). The van der Waals surface area contributed by atoms with Crippen molar-refractivity contribution in [2.45, 2.75) is 13.3 Å². The summed E-state index contributed by atoms with van der Waals surface area (Å²) in [7, 11) is 1.81. The molecule has 1 heterocycles. The van der Waals surface area contributed by atoms with Crippen LogP contribution in [-0.4, -0.2) is 23.6 Å². The summed E-state index contributed by atoms with van der Waals surface area (Å²) in [6, 6.07) is 1.86. The minimum absolute atomic E-state index is 0.299. The van der Waals surface area contributed by atoms with E-state index in [1.807, 2.05) is 13.1 Å². The van der Waals surface area contributed by atoms with Crippen molar-refractivity contribution >= 4 is 17.6 Å². The predicted octanol–water partition coefficient (Wildman–Crippen LogP) is 1.17. The molecule has 5 nitrogen and oxygen atoms in total. The lowest BCUT2D eigenvalue weighted by Crippen LogP contribution is -2.09. The number of hydrogen-bond donors (Lipinski definition) is 3. The first-order valence-electron chi connectivity index (χ1n) is 5.25. The van der Waals surface area contributed by atoms with E-state index in [0.29, 0.717) is 5.95 Å². The molecule has 0 aromatic carbocycles. The van der Waals surface area contributed by atoms with Crippen LogP contribution in [-0.2, 0) is 0 Å². The molecular formula is C10H17N5. The van der Waals surface area contributed by atoms with Gasteiger partial charge < -0.3 is 16.4 Å². The molecule has 4 N–H and O–H groups in total. The second-order valence-corrected chi connectivity index (χ2v) is 4.10. The molecule has 0 radical (unpaired) electrons. The molecule has 15 heavy (non-hydrogen) atoms. The first kappa shape index (κ1) is 10.0. The van der Waals surface area contributed by atoms with Gasteiger partial charge in [-0.3, -0.25) is 0 Å². The largest absolute Gasteiger partial charge is 0.373 e. The SMILES string of the molecule is CNc1cc(NCC2CC2C)nc(N)n1. The number of anilines is 3. The summed E-state index contributed by atoms with van der Waals surface area (Å²) in [6.45, 7) is 3.24. The van der Waals surface area contributed by atoms with Gasteiger partial charge in [0.1, 0.15) is 11.6 Å². The van der Waals surface area contributed by atoms with Crippen LogP contribution in [0.15, 0.2) is 6.07 Å². The minimum atomic E-state index is 0.299. The summed E-state index contributed by atoms with van der Waals surface area (Å²) in [4.78, 5) is 8.15. The van der Waals surface area contributed by atoms with Crippen LogP contribution in [0.25, 0.3) is 0 Å². The van der Waals surface area contributed by atoms with Gasteiger partial charge in [-0.1, -0.05) is 6.92 Å². The third kappa shape index (κ3) is 2.49. The molecule has 0 amide bonds. The summed E-state index contributed by atoms with van der Waals surface area (Å²) < 4.78 is 0. The minimum Gasteiger partial charge on any atom is -0.373 e. The van der Waals surface area contributed by atoms with Crippen molar-refractivity contribution in [1.82, 2.24) is 9.97 Å². The van der Waals surface area contributed by atoms with Gasteiger partial charge in [-0.2, -0.15) is 9.97 Å². The van der Waals surface area contributed by atoms with Crippen LogP contribution >= 0.6 is 0 Å². The number of nitrogens with zero attached hydrogens (tertiary/aromatic N) is 2. The summed E-state index contributed by atoms with van der Waals surface area (Å²) in [5, 5.41) is 6.23. The zero-order chi connectivity index (χ0) is 10.8. The highest BCUT2D eigenvalue weighted by molar-refractivity contribution is 5.50. The molecule has 0 bridgehead atoms. The molecule has 2 atom stereocenters. The summed E-state index contributed by atoms with van der Waals surface area (Å²) in [5.41, 5.74) is 5.58. The Morgan fingerprint density at radius 1 is 1.47 bits per heavy atom. The lowest BCUT2D eigenvalue weighted by atomic mass is 10.3. The van der Waals surface area contributed by atoms with Crippen molar-refractivity contribution < 1.29 is 0 Å². The number of nitrogens with one attached hydrogen (secondary N) is 2. The predicted molar refractivity (Wildman–Crippen MR) is 61.8 cm³/mol. The van der Waals surface area contributed by atoms with E-state index in [4.69, 9.17) is 5.73 Å². The van der Waals surface area contributed by atoms with Crippen LogP contribution in [0.2, 0.25) is 0 Å². The molecule has 1 aromatic heterocycles. The van der Waals surface area contributed by atoms with E-state index in [2.05, 4.69) is 27.5 Å². The Kier molecular flexibility index (Phi) is 2.62.